The summed E-state index contributed by atoms with van der Waals surface area (Å²) in [5, 5.41) is 9.86. The first kappa shape index (κ1) is 27.4. The lowest BCUT2D eigenvalue weighted by molar-refractivity contribution is 0.0342. The number of hydrogen-bond donors (Lipinski definition) is 1. The van der Waals surface area contributed by atoms with Crippen LogP contribution in [0.2, 0.25) is 0 Å². The first-order chi connectivity index (χ1) is 18.7. The summed E-state index contributed by atoms with van der Waals surface area (Å²) in [4.78, 5) is 0. The van der Waals surface area contributed by atoms with Gasteiger partial charge < -0.3 is 14.6 Å². The number of aliphatic hydroxyl groups is 1. The van der Waals surface area contributed by atoms with Gasteiger partial charge in [0.15, 0.2) is 34.9 Å². The third-order valence-corrected chi connectivity index (χ3v) is 7.29. The van der Waals surface area contributed by atoms with Crippen LogP contribution in [0.4, 0.5) is 26.3 Å². The predicted octanol–water partition coefficient (Wildman–Crippen LogP) is 7.86. The van der Waals surface area contributed by atoms with Crippen LogP contribution in [0.1, 0.15) is 67.1 Å². The molecule has 3 unspecified atom stereocenters. The summed E-state index contributed by atoms with van der Waals surface area (Å²) in [6.45, 7) is 1.68. The molecule has 3 atom stereocenters. The van der Waals surface area contributed by atoms with Gasteiger partial charge in [0.25, 0.3) is 0 Å². The minimum Gasteiger partial charge on any atom is -0.388 e. The Morgan fingerprint density at radius 3 is 2.13 bits per heavy atom. The Bertz CT molecular complexity index is 1430. The molecule has 0 radical (unpaired) electrons. The second kappa shape index (κ2) is 11.2. The summed E-state index contributed by atoms with van der Waals surface area (Å²) in [5.74, 6) is -7.05. The molecule has 0 bridgehead atoms. The topological polar surface area (TPSA) is 42.0 Å². The molecule has 39 heavy (non-hydrogen) atoms. The lowest BCUT2D eigenvalue weighted by atomic mass is 9.90. The smallest absolute Gasteiger partial charge is 0.167 e. The lowest BCUT2D eigenvalue weighted by Crippen LogP contribution is -2.17. The van der Waals surface area contributed by atoms with Gasteiger partial charge in [-0.05, 0) is 31.3 Å². The van der Waals surface area contributed by atoms with Gasteiger partial charge in [0.05, 0.1) is 25.4 Å². The number of hydrogen-bond acceptors (Lipinski definition) is 3. The molecular formula is C30H26F6O3. The Hall–Kier alpha value is -3.14. The minimum absolute atomic E-state index is 0.0343. The fraction of sp³-hybridized carbons (Fsp3) is 0.333. The molecule has 0 saturated carbocycles. The van der Waals surface area contributed by atoms with Gasteiger partial charge in [0.2, 0.25) is 0 Å². The Labute approximate surface area is 221 Å². The number of ether oxygens (including phenoxy) is 2. The van der Waals surface area contributed by atoms with Crippen LogP contribution >= 0.6 is 0 Å². The van der Waals surface area contributed by atoms with E-state index in [1.165, 1.54) is 36.4 Å². The van der Waals surface area contributed by atoms with Crippen LogP contribution in [-0.4, -0.2) is 17.8 Å². The average Bonchev–Trinajstić information content (AvgIpc) is 3.78. The van der Waals surface area contributed by atoms with Gasteiger partial charge in [-0.3, -0.25) is 0 Å². The summed E-state index contributed by atoms with van der Waals surface area (Å²) < 4.78 is 98.5. The third kappa shape index (κ3) is 5.35. The molecule has 1 saturated heterocycles. The molecule has 1 fully saturated rings. The molecule has 0 spiro atoms. The van der Waals surface area contributed by atoms with Gasteiger partial charge in [-0.15, -0.1) is 0 Å². The van der Waals surface area contributed by atoms with Crippen molar-refractivity contribution in [2.45, 2.75) is 57.5 Å². The van der Waals surface area contributed by atoms with E-state index >= 15 is 0 Å². The van der Waals surface area contributed by atoms with Crippen LogP contribution in [0.15, 0.2) is 42.5 Å². The number of halogens is 6. The monoisotopic (exact) mass is 548 g/mol. The van der Waals surface area contributed by atoms with Crippen LogP contribution in [0.5, 0.6) is 0 Å². The molecule has 1 aliphatic heterocycles. The SMILES string of the molecule is CCC(O)c1ccc(C2=CCC(OCc3ccc(-c4ccc(C5CO5)c(F)c4F)c(F)c3F)CC2)c(F)c1F. The fourth-order valence-corrected chi connectivity index (χ4v) is 4.86. The zero-order valence-corrected chi connectivity index (χ0v) is 21.0. The standard InChI is InChI=1S/C30H26F6O3/c1-2-23(37)21-11-9-18(26(32)29(21)35)15-3-6-17(7-4-15)38-13-16-5-8-19(27(33)25(16)31)20-10-12-22(24-14-39-24)30(36)28(20)34/h3,5,8-12,17,23-24,37H,2,4,6-7,13-14H2,1H3. The second-order valence-corrected chi connectivity index (χ2v) is 9.74. The summed E-state index contributed by atoms with van der Waals surface area (Å²) in [6, 6.07) is 7.76. The number of rotatable bonds is 8. The molecule has 0 amide bonds. The highest BCUT2D eigenvalue weighted by Gasteiger charge is 2.31. The molecule has 5 rings (SSSR count). The number of allylic oxidation sites excluding steroid dienone is 1. The maximum absolute atomic E-state index is 14.9. The van der Waals surface area contributed by atoms with Crippen molar-refractivity contribution in [3.63, 3.8) is 0 Å². The van der Waals surface area contributed by atoms with E-state index in [4.69, 9.17) is 9.47 Å². The maximum Gasteiger partial charge on any atom is 0.167 e. The van der Waals surface area contributed by atoms with Crippen molar-refractivity contribution in [2.24, 2.45) is 0 Å². The van der Waals surface area contributed by atoms with Crippen molar-refractivity contribution >= 4 is 5.57 Å². The summed E-state index contributed by atoms with van der Waals surface area (Å²) in [7, 11) is 0. The average molecular weight is 549 g/mol. The van der Waals surface area contributed by atoms with Crippen LogP contribution in [-0.2, 0) is 16.1 Å². The Morgan fingerprint density at radius 2 is 1.49 bits per heavy atom. The Balaban J connectivity index is 1.26. The quantitative estimate of drug-likeness (QED) is 0.230. The lowest BCUT2D eigenvalue weighted by Gasteiger charge is -2.23. The number of epoxide rings is 1. The van der Waals surface area contributed by atoms with E-state index < -0.39 is 58.2 Å². The molecule has 1 heterocycles. The van der Waals surface area contributed by atoms with Gasteiger partial charge >= 0.3 is 0 Å². The van der Waals surface area contributed by atoms with E-state index in [0.29, 0.717) is 24.8 Å². The van der Waals surface area contributed by atoms with Crippen molar-refractivity contribution in [1.82, 2.24) is 0 Å². The third-order valence-electron chi connectivity index (χ3n) is 7.29. The van der Waals surface area contributed by atoms with E-state index in [1.54, 1.807) is 13.0 Å². The van der Waals surface area contributed by atoms with E-state index in [9.17, 15) is 31.4 Å². The molecule has 9 heteroatoms. The largest absolute Gasteiger partial charge is 0.388 e. The van der Waals surface area contributed by atoms with Crippen molar-refractivity contribution < 1.29 is 40.9 Å². The fourth-order valence-electron chi connectivity index (χ4n) is 4.86. The van der Waals surface area contributed by atoms with E-state index in [2.05, 4.69) is 0 Å². The molecule has 3 aromatic rings. The van der Waals surface area contributed by atoms with E-state index in [-0.39, 0.29) is 48.0 Å². The van der Waals surface area contributed by atoms with Gasteiger partial charge in [-0.2, -0.15) is 0 Å². The summed E-state index contributed by atoms with van der Waals surface area (Å²) in [5.41, 5.74) is -0.240. The van der Waals surface area contributed by atoms with Gasteiger partial charge in [0, 0.05) is 33.4 Å². The minimum atomic E-state index is -1.32. The number of benzene rings is 3. The van der Waals surface area contributed by atoms with Crippen LogP contribution in [0.3, 0.4) is 0 Å². The highest BCUT2D eigenvalue weighted by atomic mass is 19.2. The molecule has 206 valence electrons. The van der Waals surface area contributed by atoms with Crippen molar-refractivity contribution in [3.05, 3.63) is 99.6 Å². The molecule has 2 aliphatic rings. The molecule has 3 nitrogen and oxygen atoms in total. The first-order valence-electron chi connectivity index (χ1n) is 12.7. The summed E-state index contributed by atoms with van der Waals surface area (Å²) in [6.07, 6.45) is 1.15. The van der Waals surface area contributed by atoms with Crippen LogP contribution < -0.4 is 0 Å². The normalized spacial score (nSPS) is 19.6. The van der Waals surface area contributed by atoms with Crippen molar-refractivity contribution in [3.8, 4) is 11.1 Å². The van der Waals surface area contributed by atoms with Crippen LogP contribution in [0, 0.1) is 34.9 Å². The van der Waals surface area contributed by atoms with Gasteiger partial charge in [-0.1, -0.05) is 49.4 Å². The summed E-state index contributed by atoms with van der Waals surface area (Å²) >= 11 is 0. The van der Waals surface area contributed by atoms with Gasteiger partial charge in [0.1, 0.15) is 6.10 Å². The highest BCUT2D eigenvalue weighted by Crippen LogP contribution is 2.37. The maximum atomic E-state index is 14.9. The molecular weight excluding hydrogens is 522 g/mol. The molecule has 1 N–H and O–H groups in total. The molecule has 3 aromatic carbocycles. The second-order valence-electron chi connectivity index (χ2n) is 9.74. The predicted molar refractivity (Wildman–Crippen MR) is 132 cm³/mol. The zero-order chi connectivity index (χ0) is 27.8. The Morgan fingerprint density at radius 1 is 0.846 bits per heavy atom. The van der Waals surface area contributed by atoms with Crippen molar-refractivity contribution in [2.75, 3.05) is 6.61 Å². The van der Waals surface area contributed by atoms with E-state index in [1.807, 2.05) is 0 Å². The zero-order valence-electron chi connectivity index (χ0n) is 21.0. The van der Waals surface area contributed by atoms with Gasteiger partial charge in [-0.25, -0.2) is 26.3 Å². The van der Waals surface area contributed by atoms with Crippen LogP contribution in [0.25, 0.3) is 16.7 Å². The Kier molecular flexibility index (Phi) is 7.84. The molecule has 0 aromatic heterocycles. The molecule has 1 aliphatic carbocycles. The number of aliphatic hydroxyl groups excluding tert-OH is 1. The highest BCUT2D eigenvalue weighted by molar-refractivity contribution is 5.68. The van der Waals surface area contributed by atoms with E-state index in [0.717, 1.165) is 0 Å². The van der Waals surface area contributed by atoms with Crippen molar-refractivity contribution in [1.29, 1.82) is 0 Å². The first-order valence-corrected chi connectivity index (χ1v) is 12.7.